The fourth-order valence-corrected chi connectivity index (χ4v) is 12.2. The zero-order chi connectivity index (χ0) is 47.2. The Morgan fingerprint density at radius 3 is 1.59 bits per heavy atom. The molecule has 12 aromatic rings. The van der Waals surface area contributed by atoms with Gasteiger partial charge in [0.2, 0.25) is 0 Å². The Morgan fingerprint density at radius 2 is 1.00 bits per heavy atom. The van der Waals surface area contributed by atoms with Crippen molar-refractivity contribution in [3.8, 4) is 11.5 Å². The van der Waals surface area contributed by atoms with E-state index in [-0.39, 0.29) is 0 Å². The standard InChI is InChI=1S/C32H27NO.C31H22O3S/c1-21-7-13-25(14-8-21)32(34,26-15-17-27(18-16-26)33(2)3)29-20-12-24-10-9-22-5-4-6-23-11-19-28(29)31(24)30(22)23;1-33-22-11-9-21(10-12-22)31(32)25-15-13-23(34-2)17-27(25)35-30-24-14-8-19-5-3-4-18-6-7-20(16-26(30)31)29(24)28(18)19/h4-20,34H,1-3H3;3-17,32H,1-2H3. The summed E-state index contributed by atoms with van der Waals surface area (Å²) in [7, 11) is 7.39. The molecule has 2 N–H and O–H groups in total. The third-order valence-electron chi connectivity index (χ3n) is 14.5. The molecule has 13 rings (SSSR count). The number of anilines is 1. The number of fused-ring (bicyclic) bond motifs is 3. The van der Waals surface area contributed by atoms with Gasteiger partial charge in [-0.25, -0.2) is 0 Å². The average Bonchev–Trinajstić information content (AvgIpc) is 3.39. The first kappa shape index (κ1) is 42.7. The molecule has 0 amide bonds. The van der Waals surface area contributed by atoms with Crippen LogP contribution in [0.4, 0.5) is 5.69 Å². The molecule has 0 saturated carbocycles. The number of rotatable bonds is 7. The Balaban J connectivity index is 0.000000143. The third-order valence-corrected chi connectivity index (χ3v) is 15.7. The molecule has 6 heteroatoms. The number of ether oxygens (including phenoxy) is 2. The van der Waals surface area contributed by atoms with Crippen LogP contribution in [-0.4, -0.2) is 38.5 Å². The van der Waals surface area contributed by atoms with Crippen molar-refractivity contribution in [2.75, 3.05) is 33.2 Å². The van der Waals surface area contributed by atoms with Gasteiger partial charge in [0.15, 0.2) is 0 Å². The molecule has 1 heterocycles. The molecular formula is C63H49NO4S. The summed E-state index contributed by atoms with van der Waals surface area (Å²) in [4.78, 5) is 4.14. The Morgan fingerprint density at radius 1 is 0.493 bits per heavy atom. The van der Waals surface area contributed by atoms with Crippen LogP contribution in [0.15, 0.2) is 204 Å². The van der Waals surface area contributed by atoms with Crippen molar-refractivity contribution in [1.29, 1.82) is 0 Å². The van der Waals surface area contributed by atoms with Gasteiger partial charge in [-0.3, -0.25) is 0 Å². The maximum Gasteiger partial charge on any atom is 0.142 e. The normalized spacial score (nSPS) is 15.3. The molecule has 2 unspecified atom stereocenters. The topological polar surface area (TPSA) is 62.2 Å². The van der Waals surface area contributed by atoms with Crippen LogP contribution in [0.3, 0.4) is 0 Å². The molecule has 1 aliphatic heterocycles. The number of hydrogen-bond acceptors (Lipinski definition) is 6. The van der Waals surface area contributed by atoms with Crippen molar-refractivity contribution in [3.63, 3.8) is 0 Å². The number of benzene rings is 12. The van der Waals surface area contributed by atoms with Crippen LogP contribution in [0.25, 0.3) is 64.6 Å². The predicted molar refractivity (Wildman–Crippen MR) is 287 cm³/mol. The number of aliphatic hydroxyl groups is 2. The minimum atomic E-state index is -1.32. The zero-order valence-electron chi connectivity index (χ0n) is 39.0. The van der Waals surface area contributed by atoms with Gasteiger partial charge in [-0.05, 0) is 131 Å². The highest BCUT2D eigenvalue weighted by Crippen LogP contribution is 2.56. The Bertz CT molecular complexity index is 3870. The van der Waals surface area contributed by atoms with E-state index in [0.29, 0.717) is 0 Å². The van der Waals surface area contributed by atoms with Gasteiger partial charge in [0.05, 0.1) is 14.2 Å². The van der Waals surface area contributed by atoms with Crippen LogP contribution in [-0.2, 0) is 11.2 Å². The van der Waals surface area contributed by atoms with Crippen LogP contribution < -0.4 is 14.4 Å². The van der Waals surface area contributed by atoms with Gasteiger partial charge in [0, 0.05) is 46.3 Å². The van der Waals surface area contributed by atoms with E-state index in [0.717, 1.165) is 76.5 Å². The number of hydrogen-bond donors (Lipinski definition) is 2. The predicted octanol–water partition coefficient (Wildman–Crippen LogP) is 14.6. The lowest BCUT2D eigenvalue weighted by Crippen LogP contribution is -2.32. The summed E-state index contributed by atoms with van der Waals surface area (Å²) in [5, 5.41) is 39.8. The maximum atomic E-state index is 12.7. The highest BCUT2D eigenvalue weighted by molar-refractivity contribution is 7.99. The second kappa shape index (κ2) is 16.3. The zero-order valence-corrected chi connectivity index (χ0v) is 39.9. The number of aryl methyl sites for hydroxylation is 1. The summed E-state index contributed by atoms with van der Waals surface area (Å²) >= 11 is 1.70. The molecule has 0 aromatic heterocycles. The van der Waals surface area contributed by atoms with Crippen LogP contribution >= 0.6 is 11.8 Å². The largest absolute Gasteiger partial charge is 0.497 e. The molecule has 0 radical (unpaired) electrons. The summed E-state index contributed by atoms with van der Waals surface area (Å²) in [6.45, 7) is 2.07. The highest BCUT2D eigenvalue weighted by Gasteiger charge is 2.43. The lowest BCUT2D eigenvalue weighted by Gasteiger charge is -2.37. The number of methoxy groups -OCH3 is 2. The lowest BCUT2D eigenvalue weighted by atomic mass is 9.77. The molecule has 0 bridgehead atoms. The molecule has 12 aromatic carbocycles. The van der Waals surface area contributed by atoms with Crippen LogP contribution in [0.5, 0.6) is 11.5 Å². The van der Waals surface area contributed by atoms with E-state index in [9.17, 15) is 10.2 Å². The van der Waals surface area contributed by atoms with Gasteiger partial charge in [0.25, 0.3) is 0 Å². The first-order valence-corrected chi connectivity index (χ1v) is 24.1. The smallest absolute Gasteiger partial charge is 0.142 e. The SMILES string of the molecule is COc1ccc(C2(O)c3ccc(OC)cc3Sc3c2cc2ccc4cccc5ccc3c2c45)cc1.Cc1ccc(C(O)(c2ccc(N(C)C)cc2)c2ccc3ccc4cccc5ccc2c3c45)cc1. The first-order chi connectivity index (χ1) is 33.6. The molecule has 0 aliphatic carbocycles. The molecule has 0 spiro atoms. The van der Waals surface area contributed by atoms with E-state index in [1.807, 2.05) is 80.8 Å². The number of nitrogens with zero attached hydrogens (tertiary/aromatic N) is 1. The van der Waals surface area contributed by atoms with Gasteiger partial charge in [-0.1, -0.05) is 169 Å². The third kappa shape index (κ3) is 6.62. The van der Waals surface area contributed by atoms with E-state index in [2.05, 4.69) is 139 Å². The van der Waals surface area contributed by atoms with Crippen LogP contribution in [0.1, 0.15) is 38.9 Å². The molecule has 0 fully saturated rings. The van der Waals surface area contributed by atoms with E-state index in [1.165, 1.54) is 54.0 Å². The summed E-state index contributed by atoms with van der Waals surface area (Å²) in [6, 6.07) is 66.9. The molecule has 0 saturated heterocycles. The van der Waals surface area contributed by atoms with E-state index < -0.39 is 11.2 Å². The van der Waals surface area contributed by atoms with Gasteiger partial charge in [-0.15, -0.1) is 0 Å². The summed E-state index contributed by atoms with van der Waals surface area (Å²) in [6.07, 6.45) is 0. The summed E-state index contributed by atoms with van der Waals surface area (Å²) in [5.74, 6) is 1.53. The molecule has 1 aliphatic rings. The van der Waals surface area contributed by atoms with Crippen molar-refractivity contribution in [2.45, 2.75) is 27.9 Å². The molecular weight excluding hydrogens is 867 g/mol. The summed E-state index contributed by atoms with van der Waals surface area (Å²) in [5.41, 5.74) is 4.85. The quantitative estimate of drug-likeness (QED) is 0.123. The van der Waals surface area contributed by atoms with Gasteiger partial charge < -0.3 is 24.6 Å². The van der Waals surface area contributed by atoms with E-state index in [1.54, 1.807) is 26.0 Å². The van der Waals surface area contributed by atoms with Crippen molar-refractivity contribution in [2.24, 2.45) is 0 Å². The fourth-order valence-electron chi connectivity index (χ4n) is 10.9. The van der Waals surface area contributed by atoms with E-state index >= 15 is 0 Å². The first-order valence-electron chi connectivity index (χ1n) is 23.3. The van der Waals surface area contributed by atoms with Gasteiger partial charge in [0.1, 0.15) is 22.7 Å². The highest BCUT2D eigenvalue weighted by atomic mass is 32.2. The second-order valence-electron chi connectivity index (χ2n) is 18.5. The van der Waals surface area contributed by atoms with Gasteiger partial charge >= 0.3 is 0 Å². The lowest BCUT2D eigenvalue weighted by molar-refractivity contribution is 0.119. The van der Waals surface area contributed by atoms with Crippen molar-refractivity contribution in [3.05, 3.63) is 233 Å². The van der Waals surface area contributed by atoms with Gasteiger partial charge in [-0.2, -0.15) is 0 Å². The Labute approximate surface area is 405 Å². The second-order valence-corrected chi connectivity index (χ2v) is 19.6. The molecule has 69 heavy (non-hydrogen) atoms. The van der Waals surface area contributed by atoms with Crippen LogP contribution in [0.2, 0.25) is 0 Å². The maximum absolute atomic E-state index is 12.7. The molecule has 336 valence electrons. The minimum absolute atomic E-state index is 0.758. The van der Waals surface area contributed by atoms with Crippen molar-refractivity contribution in [1.82, 2.24) is 0 Å². The monoisotopic (exact) mass is 915 g/mol. The molecule has 2 atom stereocenters. The van der Waals surface area contributed by atoms with Crippen molar-refractivity contribution < 1.29 is 19.7 Å². The fraction of sp³-hybridized carbons (Fsp3) is 0.111. The minimum Gasteiger partial charge on any atom is -0.497 e. The Kier molecular flexibility index (Phi) is 10.1. The molecule has 5 nitrogen and oxygen atoms in total. The Hall–Kier alpha value is -7.61. The van der Waals surface area contributed by atoms with Crippen LogP contribution in [0, 0.1) is 6.92 Å². The average molecular weight is 916 g/mol. The summed E-state index contributed by atoms with van der Waals surface area (Å²) < 4.78 is 10.9. The van der Waals surface area contributed by atoms with Crippen molar-refractivity contribution >= 4 is 82.1 Å². The van der Waals surface area contributed by atoms with E-state index in [4.69, 9.17) is 9.47 Å².